The van der Waals surface area contributed by atoms with Crippen LogP contribution < -0.4 is 10.1 Å². The second kappa shape index (κ2) is 2.99. The molecule has 0 aliphatic carbocycles. The van der Waals surface area contributed by atoms with E-state index in [1.807, 2.05) is 12.1 Å². The Bertz CT molecular complexity index is 428. The molecular formula is C12H13NO2. The number of nitrogens with one attached hydrogen (secondary N) is 1. The molecule has 1 fully saturated rings. The lowest BCUT2D eigenvalue weighted by atomic mass is 9.91. The fourth-order valence-electron chi connectivity index (χ4n) is 2.43. The zero-order chi connectivity index (χ0) is 10.4. The van der Waals surface area contributed by atoms with E-state index in [1.54, 1.807) is 0 Å². The quantitative estimate of drug-likeness (QED) is 0.695. The molecule has 1 saturated heterocycles. The summed E-state index contributed by atoms with van der Waals surface area (Å²) in [4.78, 5) is 11.3. The maximum atomic E-state index is 11.3. The van der Waals surface area contributed by atoms with Gasteiger partial charge in [-0.05, 0) is 13.0 Å². The number of hydrogen-bond donors (Lipinski definition) is 1. The maximum Gasteiger partial charge on any atom is 0.220 e. The van der Waals surface area contributed by atoms with Gasteiger partial charge in [0.1, 0.15) is 5.75 Å². The molecule has 3 heteroatoms. The first-order chi connectivity index (χ1) is 7.24. The van der Waals surface area contributed by atoms with E-state index in [0.29, 0.717) is 18.9 Å². The minimum absolute atomic E-state index is 0.142. The van der Waals surface area contributed by atoms with Gasteiger partial charge in [-0.3, -0.25) is 4.79 Å². The Morgan fingerprint density at radius 2 is 2.33 bits per heavy atom. The first-order valence-electron chi connectivity index (χ1n) is 5.27. The van der Waals surface area contributed by atoms with Crippen LogP contribution in [0.1, 0.15) is 23.6 Å². The standard InChI is InChI=1S/C12H13NO2/c1-7-2-3-10-9(4-7)12-8(6-15-10)5-11(14)13-12/h2-4,8,12H,5-6H2,1H3,(H,13,14)/t8-,12-/m0/s1. The molecule has 0 radical (unpaired) electrons. The van der Waals surface area contributed by atoms with Crippen LogP contribution in [-0.4, -0.2) is 12.5 Å². The predicted octanol–water partition coefficient (Wildman–Crippen LogP) is 1.56. The Hall–Kier alpha value is -1.51. The number of ether oxygens (including phenoxy) is 1. The van der Waals surface area contributed by atoms with Gasteiger partial charge in [0.05, 0.1) is 12.6 Å². The second-order valence-corrected chi connectivity index (χ2v) is 4.36. The summed E-state index contributed by atoms with van der Waals surface area (Å²) in [7, 11) is 0. The normalized spacial score (nSPS) is 27.7. The lowest BCUT2D eigenvalue weighted by Gasteiger charge is -2.28. The van der Waals surface area contributed by atoms with Crippen molar-refractivity contribution in [3.05, 3.63) is 29.3 Å². The van der Waals surface area contributed by atoms with Gasteiger partial charge in [-0.1, -0.05) is 17.7 Å². The molecule has 0 bridgehead atoms. The van der Waals surface area contributed by atoms with E-state index < -0.39 is 0 Å². The number of amides is 1. The van der Waals surface area contributed by atoms with Crippen LogP contribution in [-0.2, 0) is 4.79 Å². The summed E-state index contributed by atoms with van der Waals surface area (Å²) < 4.78 is 5.65. The molecule has 1 aromatic carbocycles. The van der Waals surface area contributed by atoms with E-state index in [0.717, 1.165) is 11.3 Å². The molecule has 3 nitrogen and oxygen atoms in total. The van der Waals surface area contributed by atoms with Crippen LogP contribution >= 0.6 is 0 Å². The summed E-state index contributed by atoms with van der Waals surface area (Å²) in [6, 6.07) is 6.31. The summed E-state index contributed by atoms with van der Waals surface area (Å²) in [6.07, 6.45) is 0.595. The van der Waals surface area contributed by atoms with Gasteiger partial charge in [-0.25, -0.2) is 0 Å². The fraction of sp³-hybridized carbons (Fsp3) is 0.417. The molecule has 0 aromatic heterocycles. The van der Waals surface area contributed by atoms with Gasteiger partial charge in [0.2, 0.25) is 5.91 Å². The number of hydrogen-bond acceptors (Lipinski definition) is 2. The number of benzene rings is 1. The van der Waals surface area contributed by atoms with Crippen molar-refractivity contribution in [2.24, 2.45) is 5.92 Å². The van der Waals surface area contributed by atoms with E-state index in [2.05, 4.69) is 18.3 Å². The molecule has 3 rings (SSSR count). The van der Waals surface area contributed by atoms with Gasteiger partial charge in [-0.15, -0.1) is 0 Å². The molecule has 15 heavy (non-hydrogen) atoms. The van der Waals surface area contributed by atoms with Crippen LogP contribution in [0.15, 0.2) is 18.2 Å². The minimum Gasteiger partial charge on any atom is -0.493 e. The Labute approximate surface area is 88.4 Å². The second-order valence-electron chi connectivity index (χ2n) is 4.36. The van der Waals surface area contributed by atoms with Crippen molar-refractivity contribution < 1.29 is 9.53 Å². The summed E-state index contributed by atoms with van der Waals surface area (Å²) in [5.41, 5.74) is 2.34. The van der Waals surface area contributed by atoms with E-state index in [1.165, 1.54) is 5.56 Å². The Balaban J connectivity index is 2.06. The lowest BCUT2D eigenvalue weighted by Crippen LogP contribution is -2.28. The third kappa shape index (κ3) is 1.30. The van der Waals surface area contributed by atoms with Gasteiger partial charge in [0.15, 0.2) is 0 Å². The SMILES string of the molecule is Cc1ccc2c(c1)[C@H]1NC(=O)C[C@H]1CO2. The molecule has 1 N–H and O–H groups in total. The molecule has 2 aliphatic heterocycles. The summed E-state index contributed by atoms with van der Waals surface area (Å²) in [5, 5.41) is 3.02. The number of aryl methyl sites for hydroxylation is 1. The van der Waals surface area contributed by atoms with Crippen LogP contribution in [0.5, 0.6) is 5.75 Å². The van der Waals surface area contributed by atoms with Crippen molar-refractivity contribution >= 4 is 5.91 Å². The fourth-order valence-corrected chi connectivity index (χ4v) is 2.43. The largest absolute Gasteiger partial charge is 0.493 e. The molecule has 0 saturated carbocycles. The van der Waals surface area contributed by atoms with Gasteiger partial charge < -0.3 is 10.1 Å². The maximum absolute atomic E-state index is 11.3. The third-order valence-electron chi connectivity index (χ3n) is 3.19. The highest BCUT2D eigenvalue weighted by Crippen LogP contribution is 2.40. The molecule has 1 aromatic rings. The number of fused-ring (bicyclic) bond motifs is 3. The van der Waals surface area contributed by atoms with Crippen molar-refractivity contribution in [3.8, 4) is 5.75 Å². The number of rotatable bonds is 0. The van der Waals surface area contributed by atoms with Crippen molar-refractivity contribution in [2.75, 3.05) is 6.61 Å². The third-order valence-corrected chi connectivity index (χ3v) is 3.19. The summed E-state index contributed by atoms with van der Waals surface area (Å²) in [6.45, 7) is 2.71. The Morgan fingerprint density at radius 3 is 3.20 bits per heavy atom. The minimum atomic E-state index is 0.142. The van der Waals surface area contributed by atoms with E-state index in [-0.39, 0.29) is 11.9 Å². The Morgan fingerprint density at radius 1 is 1.47 bits per heavy atom. The smallest absolute Gasteiger partial charge is 0.220 e. The summed E-state index contributed by atoms with van der Waals surface area (Å²) in [5.74, 6) is 1.37. The average molecular weight is 203 g/mol. The zero-order valence-electron chi connectivity index (χ0n) is 8.62. The van der Waals surface area contributed by atoms with Crippen LogP contribution in [0.3, 0.4) is 0 Å². The highest BCUT2D eigenvalue weighted by molar-refractivity contribution is 5.79. The van der Waals surface area contributed by atoms with E-state index in [9.17, 15) is 4.79 Å². The molecule has 0 spiro atoms. The highest BCUT2D eigenvalue weighted by Gasteiger charge is 2.38. The first-order valence-corrected chi connectivity index (χ1v) is 5.27. The number of carbonyl (C=O) groups is 1. The summed E-state index contributed by atoms with van der Waals surface area (Å²) >= 11 is 0. The monoisotopic (exact) mass is 203 g/mol. The molecule has 1 amide bonds. The molecule has 0 unspecified atom stereocenters. The molecule has 2 aliphatic rings. The van der Waals surface area contributed by atoms with Crippen LogP contribution in [0.25, 0.3) is 0 Å². The van der Waals surface area contributed by atoms with Crippen LogP contribution in [0, 0.1) is 12.8 Å². The topological polar surface area (TPSA) is 38.3 Å². The van der Waals surface area contributed by atoms with Gasteiger partial charge >= 0.3 is 0 Å². The number of carbonyl (C=O) groups excluding carboxylic acids is 1. The Kier molecular flexibility index (Phi) is 1.75. The first kappa shape index (κ1) is 8.77. The van der Waals surface area contributed by atoms with Crippen molar-refractivity contribution in [1.82, 2.24) is 5.32 Å². The van der Waals surface area contributed by atoms with Crippen LogP contribution in [0.2, 0.25) is 0 Å². The van der Waals surface area contributed by atoms with E-state index >= 15 is 0 Å². The molecule has 78 valence electrons. The molecular weight excluding hydrogens is 190 g/mol. The molecule has 2 atom stereocenters. The van der Waals surface area contributed by atoms with Gasteiger partial charge in [0, 0.05) is 17.9 Å². The van der Waals surface area contributed by atoms with Crippen LogP contribution in [0.4, 0.5) is 0 Å². The van der Waals surface area contributed by atoms with E-state index in [4.69, 9.17) is 4.74 Å². The lowest BCUT2D eigenvalue weighted by molar-refractivity contribution is -0.119. The van der Waals surface area contributed by atoms with Gasteiger partial charge in [0.25, 0.3) is 0 Å². The van der Waals surface area contributed by atoms with Crippen molar-refractivity contribution in [2.45, 2.75) is 19.4 Å². The predicted molar refractivity (Wildman–Crippen MR) is 55.7 cm³/mol. The molecule has 2 heterocycles. The van der Waals surface area contributed by atoms with Crippen molar-refractivity contribution in [3.63, 3.8) is 0 Å². The van der Waals surface area contributed by atoms with Crippen molar-refractivity contribution in [1.29, 1.82) is 0 Å². The van der Waals surface area contributed by atoms with Gasteiger partial charge in [-0.2, -0.15) is 0 Å². The average Bonchev–Trinajstić information content (AvgIpc) is 2.58. The highest BCUT2D eigenvalue weighted by atomic mass is 16.5. The zero-order valence-corrected chi connectivity index (χ0v) is 8.62.